The van der Waals surface area contributed by atoms with Gasteiger partial charge in [-0.15, -0.1) is 0 Å². The Balaban J connectivity index is 1.80. The van der Waals surface area contributed by atoms with Gasteiger partial charge in [0.1, 0.15) is 0 Å². The lowest BCUT2D eigenvalue weighted by molar-refractivity contribution is -0.384. The zero-order valence-corrected chi connectivity index (χ0v) is 18.6. The van der Waals surface area contributed by atoms with Crippen molar-refractivity contribution in [3.8, 4) is 0 Å². The number of nitrogens with one attached hydrogen (secondary N) is 1. The predicted molar refractivity (Wildman–Crippen MR) is 125 cm³/mol. The molecular formula is C24H23N3O4S. The van der Waals surface area contributed by atoms with Crippen LogP contribution in [0.15, 0.2) is 82.6 Å². The summed E-state index contributed by atoms with van der Waals surface area (Å²) in [5.41, 5.74) is 1.70. The summed E-state index contributed by atoms with van der Waals surface area (Å²) in [7, 11) is 1.50. The molecule has 0 saturated heterocycles. The number of nitro benzene ring substituents is 1. The lowest BCUT2D eigenvalue weighted by Crippen LogP contribution is -2.35. The Morgan fingerprint density at radius 3 is 2.41 bits per heavy atom. The number of para-hydroxylation sites is 1. The third-order valence-corrected chi connectivity index (χ3v) is 5.86. The van der Waals surface area contributed by atoms with Crippen molar-refractivity contribution in [2.24, 2.45) is 0 Å². The van der Waals surface area contributed by atoms with Gasteiger partial charge in [-0.25, -0.2) is 0 Å². The number of anilines is 1. The highest BCUT2D eigenvalue weighted by atomic mass is 32.2. The number of nitrogens with zero attached hydrogens (tertiary/aromatic N) is 2. The van der Waals surface area contributed by atoms with Crippen LogP contribution in [0.1, 0.15) is 22.8 Å². The minimum Gasteiger partial charge on any atom is -0.332 e. The third-order valence-electron chi connectivity index (χ3n) is 4.78. The minimum absolute atomic E-state index is 0.178. The molecule has 0 aliphatic heterocycles. The van der Waals surface area contributed by atoms with E-state index in [0.29, 0.717) is 10.6 Å². The van der Waals surface area contributed by atoms with Crippen LogP contribution >= 0.6 is 11.8 Å². The largest absolute Gasteiger partial charge is 0.332 e. The lowest BCUT2D eigenvalue weighted by Gasteiger charge is -2.19. The fraction of sp³-hybridized carbons (Fsp3) is 0.167. The molecular weight excluding hydrogens is 426 g/mol. The second kappa shape index (κ2) is 10.6. The van der Waals surface area contributed by atoms with Gasteiger partial charge in [-0.1, -0.05) is 55.1 Å². The maximum absolute atomic E-state index is 13.2. The van der Waals surface area contributed by atoms with Crippen LogP contribution in [-0.2, 0) is 11.2 Å². The molecule has 0 fully saturated rings. The highest BCUT2D eigenvalue weighted by Gasteiger charge is 2.22. The van der Waals surface area contributed by atoms with E-state index in [1.807, 2.05) is 61.5 Å². The Bertz CT molecular complexity index is 1140. The van der Waals surface area contributed by atoms with Gasteiger partial charge in [-0.3, -0.25) is 19.7 Å². The Labute approximate surface area is 190 Å². The van der Waals surface area contributed by atoms with Crippen LogP contribution in [0.5, 0.6) is 0 Å². The summed E-state index contributed by atoms with van der Waals surface area (Å²) >= 11 is 1.34. The Hall–Kier alpha value is -3.65. The monoisotopic (exact) mass is 449 g/mol. The minimum atomic E-state index is -0.540. The first-order chi connectivity index (χ1) is 15.4. The molecule has 0 aromatic heterocycles. The molecule has 0 unspecified atom stereocenters. The van der Waals surface area contributed by atoms with Gasteiger partial charge >= 0.3 is 0 Å². The van der Waals surface area contributed by atoms with E-state index in [4.69, 9.17) is 0 Å². The molecule has 0 bridgehead atoms. The van der Waals surface area contributed by atoms with Crippen LogP contribution in [-0.4, -0.2) is 35.2 Å². The van der Waals surface area contributed by atoms with Crippen molar-refractivity contribution in [2.45, 2.75) is 23.1 Å². The van der Waals surface area contributed by atoms with Gasteiger partial charge in [0.25, 0.3) is 11.6 Å². The molecule has 0 radical (unpaired) electrons. The quantitative estimate of drug-likeness (QED) is 0.385. The van der Waals surface area contributed by atoms with Gasteiger partial charge in [0, 0.05) is 34.7 Å². The van der Waals surface area contributed by atoms with E-state index in [1.165, 1.54) is 35.8 Å². The molecule has 0 heterocycles. The summed E-state index contributed by atoms with van der Waals surface area (Å²) in [6.07, 6.45) is 0.763. The smallest absolute Gasteiger partial charge is 0.270 e. The van der Waals surface area contributed by atoms with Crippen LogP contribution in [0.3, 0.4) is 0 Å². The number of likely N-dealkylation sites (N-methyl/N-ethyl adjacent to an activating group) is 1. The molecule has 7 nitrogen and oxygen atoms in total. The van der Waals surface area contributed by atoms with Crippen molar-refractivity contribution in [2.75, 3.05) is 18.9 Å². The Morgan fingerprint density at radius 1 is 1.03 bits per heavy atom. The highest BCUT2D eigenvalue weighted by Crippen LogP contribution is 2.33. The van der Waals surface area contributed by atoms with E-state index >= 15 is 0 Å². The van der Waals surface area contributed by atoms with E-state index in [-0.39, 0.29) is 23.7 Å². The van der Waals surface area contributed by atoms with E-state index < -0.39 is 10.8 Å². The van der Waals surface area contributed by atoms with Gasteiger partial charge in [0.2, 0.25) is 5.91 Å². The molecule has 0 aliphatic carbocycles. The molecule has 8 heteroatoms. The summed E-state index contributed by atoms with van der Waals surface area (Å²) in [6, 6.07) is 21.1. The van der Waals surface area contributed by atoms with E-state index in [2.05, 4.69) is 5.32 Å². The zero-order chi connectivity index (χ0) is 23.1. The molecule has 3 aromatic carbocycles. The average Bonchev–Trinajstić information content (AvgIpc) is 2.79. The molecule has 1 N–H and O–H groups in total. The first-order valence-electron chi connectivity index (χ1n) is 10.0. The van der Waals surface area contributed by atoms with Gasteiger partial charge < -0.3 is 10.2 Å². The Morgan fingerprint density at radius 2 is 1.72 bits per heavy atom. The average molecular weight is 450 g/mol. The topological polar surface area (TPSA) is 92.6 Å². The van der Waals surface area contributed by atoms with Gasteiger partial charge in [-0.2, -0.15) is 0 Å². The molecule has 32 heavy (non-hydrogen) atoms. The van der Waals surface area contributed by atoms with Crippen molar-refractivity contribution in [1.29, 1.82) is 0 Å². The van der Waals surface area contributed by atoms with Crippen LogP contribution < -0.4 is 5.32 Å². The van der Waals surface area contributed by atoms with E-state index in [9.17, 15) is 19.7 Å². The summed E-state index contributed by atoms with van der Waals surface area (Å²) in [5, 5.41) is 14.1. The van der Waals surface area contributed by atoms with Gasteiger partial charge in [-0.05, 0) is 36.2 Å². The number of amides is 2. The van der Waals surface area contributed by atoms with Crippen LogP contribution in [0.4, 0.5) is 11.4 Å². The normalized spacial score (nSPS) is 10.4. The fourth-order valence-electron chi connectivity index (χ4n) is 3.14. The molecule has 3 aromatic rings. The SMILES string of the molecule is CCc1ccccc1NC(=O)CN(C)C(=O)c1cc([N+](=O)[O-])ccc1Sc1ccccc1. The molecule has 0 atom stereocenters. The maximum Gasteiger partial charge on any atom is 0.270 e. The van der Waals surface area contributed by atoms with Crippen molar-refractivity contribution in [3.63, 3.8) is 0 Å². The van der Waals surface area contributed by atoms with Crippen LogP contribution in [0.25, 0.3) is 0 Å². The summed E-state index contributed by atoms with van der Waals surface area (Å²) in [5.74, 6) is -0.810. The molecule has 3 rings (SSSR count). The number of carbonyl (C=O) groups is 2. The molecule has 0 aliphatic rings. The predicted octanol–water partition coefficient (Wildman–Crippen LogP) is 5.02. The second-order valence-corrected chi connectivity index (χ2v) is 8.19. The number of aryl methyl sites for hydroxylation is 1. The number of benzene rings is 3. The van der Waals surface area contributed by atoms with Crippen LogP contribution in [0.2, 0.25) is 0 Å². The number of hydrogen-bond acceptors (Lipinski definition) is 5. The number of carbonyl (C=O) groups excluding carboxylic acids is 2. The number of rotatable bonds is 8. The first kappa shape index (κ1) is 23.0. The standard InChI is InChI=1S/C24H23N3O4S/c1-3-17-9-7-8-12-21(17)25-23(28)16-26(2)24(29)20-15-18(27(30)31)13-14-22(20)32-19-10-5-4-6-11-19/h4-15H,3,16H2,1-2H3,(H,25,28). The van der Waals surface area contributed by atoms with E-state index in [1.54, 1.807) is 6.07 Å². The summed E-state index contributed by atoms with van der Waals surface area (Å²) in [4.78, 5) is 39.2. The molecule has 0 saturated carbocycles. The summed E-state index contributed by atoms with van der Waals surface area (Å²) in [6.45, 7) is 1.81. The van der Waals surface area contributed by atoms with Gasteiger partial charge in [0.05, 0.1) is 17.0 Å². The fourth-order valence-corrected chi connectivity index (χ4v) is 4.08. The molecule has 2 amide bonds. The zero-order valence-electron chi connectivity index (χ0n) is 17.8. The van der Waals surface area contributed by atoms with E-state index in [0.717, 1.165) is 16.9 Å². The van der Waals surface area contributed by atoms with Crippen LogP contribution in [0, 0.1) is 10.1 Å². The van der Waals surface area contributed by atoms with Crippen molar-refractivity contribution < 1.29 is 14.5 Å². The second-order valence-electron chi connectivity index (χ2n) is 7.07. The number of hydrogen-bond donors (Lipinski definition) is 1. The first-order valence-corrected chi connectivity index (χ1v) is 10.8. The van der Waals surface area contributed by atoms with Crippen molar-refractivity contribution in [1.82, 2.24) is 4.90 Å². The summed E-state index contributed by atoms with van der Waals surface area (Å²) < 4.78 is 0. The van der Waals surface area contributed by atoms with Crippen molar-refractivity contribution in [3.05, 3.63) is 94.0 Å². The number of nitro groups is 1. The third kappa shape index (κ3) is 5.73. The lowest BCUT2D eigenvalue weighted by atomic mass is 10.1. The highest BCUT2D eigenvalue weighted by molar-refractivity contribution is 7.99. The van der Waals surface area contributed by atoms with Gasteiger partial charge in [0.15, 0.2) is 0 Å². The molecule has 164 valence electrons. The number of non-ortho nitro benzene ring substituents is 1. The Kier molecular flexibility index (Phi) is 7.62. The maximum atomic E-state index is 13.2. The molecule has 0 spiro atoms. The van der Waals surface area contributed by atoms with Crippen molar-refractivity contribution >= 4 is 35.0 Å².